The minimum Gasteiger partial charge on any atom is -0.451 e. The highest BCUT2D eigenvalue weighted by Gasteiger charge is 2.29. The first-order valence-electron chi connectivity index (χ1n) is 6.30. The maximum absolute atomic E-state index is 12.4. The average molecular weight is 244 g/mol. The number of benzene rings is 1. The number of fused-ring (bicyclic) bond motifs is 1. The third kappa shape index (κ3) is 1.78. The van der Waals surface area contributed by atoms with E-state index in [1.807, 2.05) is 42.2 Å². The molecule has 1 aromatic heterocycles. The van der Waals surface area contributed by atoms with Crippen molar-refractivity contribution in [1.29, 1.82) is 0 Å². The van der Waals surface area contributed by atoms with Gasteiger partial charge in [-0.05, 0) is 19.1 Å². The number of likely N-dealkylation sites (N-methyl/N-ethyl adjacent to an activating group) is 1. The van der Waals surface area contributed by atoms with E-state index in [1.165, 1.54) is 0 Å². The topological polar surface area (TPSA) is 45.5 Å². The van der Waals surface area contributed by atoms with Crippen molar-refractivity contribution in [2.45, 2.75) is 13.0 Å². The zero-order valence-electron chi connectivity index (χ0n) is 10.3. The SMILES string of the molecule is CCN(C(=O)c1cc2ccccc2o1)C1CNC1. The fraction of sp³-hybridized carbons (Fsp3) is 0.357. The van der Waals surface area contributed by atoms with Crippen molar-refractivity contribution in [1.82, 2.24) is 10.2 Å². The van der Waals surface area contributed by atoms with Crippen LogP contribution in [0.25, 0.3) is 11.0 Å². The zero-order valence-corrected chi connectivity index (χ0v) is 10.3. The van der Waals surface area contributed by atoms with Crippen LogP contribution < -0.4 is 5.32 Å². The third-order valence-corrected chi connectivity index (χ3v) is 3.44. The first-order valence-corrected chi connectivity index (χ1v) is 6.30. The summed E-state index contributed by atoms with van der Waals surface area (Å²) in [4.78, 5) is 14.3. The summed E-state index contributed by atoms with van der Waals surface area (Å²) in [7, 11) is 0. The summed E-state index contributed by atoms with van der Waals surface area (Å²) in [6.07, 6.45) is 0. The molecular formula is C14H16N2O2. The second-order valence-electron chi connectivity index (χ2n) is 4.55. The van der Waals surface area contributed by atoms with E-state index in [0.717, 1.165) is 24.1 Å². The van der Waals surface area contributed by atoms with Crippen LogP contribution in [0.1, 0.15) is 17.5 Å². The Balaban J connectivity index is 1.90. The van der Waals surface area contributed by atoms with E-state index in [9.17, 15) is 4.79 Å². The van der Waals surface area contributed by atoms with Gasteiger partial charge in [-0.15, -0.1) is 0 Å². The van der Waals surface area contributed by atoms with Crippen molar-refractivity contribution in [3.63, 3.8) is 0 Å². The molecule has 4 nitrogen and oxygen atoms in total. The minimum absolute atomic E-state index is 0.0137. The van der Waals surface area contributed by atoms with Crippen LogP contribution in [0.4, 0.5) is 0 Å². The number of rotatable bonds is 3. The summed E-state index contributed by atoms with van der Waals surface area (Å²) in [5, 5.41) is 4.16. The Hall–Kier alpha value is -1.81. The molecule has 1 amide bonds. The summed E-state index contributed by atoms with van der Waals surface area (Å²) in [6, 6.07) is 9.82. The second-order valence-corrected chi connectivity index (χ2v) is 4.55. The van der Waals surface area contributed by atoms with Gasteiger partial charge in [0, 0.05) is 25.0 Å². The quantitative estimate of drug-likeness (QED) is 0.896. The number of nitrogens with one attached hydrogen (secondary N) is 1. The van der Waals surface area contributed by atoms with E-state index >= 15 is 0 Å². The van der Waals surface area contributed by atoms with Gasteiger partial charge in [0.1, 0.15) is 5.58 Å². The molecule has 0 atom stereocenters. The zero-order chi connectivity index (χ0) is 12.5. The Morgan fingerprint density at radius 2 is 2.22 bits per heavy atom. The molecule has 0 unspecified atom stereocenters. The molecule has 18 heavy (non-hydrogen) atoms. The lowest BCUT2D eigenvalue weighted by atomic mass is 10.1. The van der Waals surface area contributed by atoms with Crippen LogP contribution >= 0.6 is 0 Å². The number of carbonyl (C=O) groups is 1. The van der Waals surface area contributed by atoms with E-state index in [1.54, 1.807) is 0 Å². The number of carbonyl (C=O) groups excluding carboxylic acids is 1. The molecule has 1 aliphatic heterocycles. The van der Waals surface area contributed by atoms with E-state index in [4.69, 9.17) is 4.42 Å². The Labute approximate surface area is 106 Å². The molecule has 1 fully saturated rings. The van der Waals surface area contributed by atoms with Gasteiger partial charge in [0.05, 0.1) is 6.04 Å². The number of furan rings is 1. The summed E-state index contributed by atoms with van der Waals surface area (Å²) >= 11 is 0. The van der Waals surface area contributed by atoms with Crippen molar-refractivity contribution < 1.29 is 9.21 Å². The predicted molar refractivity (Wildman–Crippen MR) is 69.6 cm³/mol. The van der Waals surface area contributed by atoms with Crippen LogP contribution in [0.5, 0.6) is 0 Å². The number of amides is 1. The van der Waals surface area contributed by atoms with Crippen LogP contribution in [0.15, 0.2) is 34.7 Å². The molecular weight excluding hydrogens is 228 g/mol. The van der Waals surface area contributed by atoms with E-state index < -0.39 is 0 Å². The molecule has 0 saturated carbocycles. The van der Waals surface area contributed by atoms with Gasteiger partial charge in [0.25, 0.3) is 5.91 Å². The van der Waals surface area contributed by atoms with Crippen LogP contribution in [0.3, 0.4) is 0 Å². The van der Waals surface area contributed by atoms with Gasteiger partial charge in [0.15, 0.2) is 5.76 Å². The van der Waals surface area contributed by atoms with Crippen molar-refractivity contribution in [2.24, 2.45) is 0 Å². The van der Waals surface area contributed by atoms with Gasteiger partial charge >= 0.3 is 0 Å². The van der Waals surface area contributed by atoms with Crippen LogP contribution in [-0.4, -0.2) is 36.5 Å². The molecule has 1 N–H and O–H groups in total. The largest absolute Gasteiger partial charge is 0.451 e. The second kappa shape index (κ2) is 4.46. The molecule has 4 heteroatoms. The van der Waals surface area contributed by atoms with Crippen molar-refractivity contribution in [2.75, 3.05) is 19.6 Å². The van der Waals surface area contributed by atoms with Gasteiger partial charge in [0.2, 0.25) is 0 Å². The first-order chi connectivity index (χ1) is 8.79. The molecule has 1 saturated heterocycles. The molecule has 3 rings (SSSR count). The number of hydrogen-bond donors (Lipinski definition) is 1. The molecule has 0 spiro atoms. The van der Waals surface area contributed by atoms with Crippen LogP contribution in [0, 0.1) is 0 Å². The molecule has 0 radical (unpaired) electrons. The van der Waals surface area contributed by atoms with Gasteiger partial charge in [-0.3, -0.25) is 4.79 Å². The smallest absolute Gasteiger partial charge is 0.289 e. The Kier molecular flexibility index (Phi) is 2.80. The number of hydrogen-bond acceptors (Lipinski definition) is 3. The van der Waals surface area contributed by atoms with Gasteiger partial charge in [-0.2, -0.15) is 0 Å². The van der Waals surface area contributed by atoms with Crippen molar-refractivity contribution in [3.8, 4) is 0 Å². The summed E-state index contributed by atoms with van der Waals surface area (Å²) in [5.74, 6) is 0.421. The monoisotopic (exact) mass is 244 g/mol. The number of para-hydroxylation sites is 1. The van der Waals surface area contributed by atoms with Gasteiger partial charge in [-0.25, -0.2) is 0 Å². The molecule has 0 aliphatic carbocycles. The maximum Gasteiger partial charge on any atom is 0.289 e. The first kappa shape index (κ1) is 11.3. The number of nitrogens with zero attached hydrogens (tertiary/aromatic N) is 1. The lowest BCUT2D eigenvalue weighted by Crippen LogP contribution is -2.58. The molecule has 2 aromatic rings. The fourth-order valence-electron chi connectivity index (χ4n) is 2.29. The van der Waals surface area contributed by atoms with Crippen LogP contribution in [0.2, 0.25) is 0 Å². The molecule has 1 aromatic carbocycles. The van der Waals surface area contributed by atoms with Crippen molar-refractivity contribution in [3.05, 3.63) is 36.1 Å². The average Bonchev–Trinajstić information content (AvgIpc) is 2.76. The Morgan fingerprint density at radius 3 is 2.83 bits per heavy atom. The Morgan fingerprint density at radius 1 is 1.44 bits per heavy atom. The minimum atomic E-state index is -0.0137. The molecule has 94 valence electrons. The molecule has 2 heterocycles. The normalized spacial score (nSPS) is 15.6. The lowest BCUT2D eigenvalue weighted by molar-refractivity contribution is 0.0600. The standard InChI is InChI=1S/C14H16N2O2/c1-2-16(11-8-15-9-11)14(17)13-7-10-5-3-4-6-12(10)18-13/h3-7,11,15H,2,8-9H2,1H3. The van der Waals surface area contributed by atoms with Crippen molar-refractivity contribution >= 4 is 16.9 Å². The van der Waals surface area contributed by atoms with Gasteiger partial charge in [-0.1, -0.05) is 18.2 Å². The Bertz CT molecular complexity index is 539. The maximum atomic E-state index is 12.4. The summed E-state index contributed by atoms with van der Waals surface area (Å²) in [5.41, 5.74) is 0.767. The molecule has 1 aliphatic rings. The van der Waals surface area contributed by atoms with Gasteiger partial charge < -0.3 is 14.6 Å². The fourth-order valence-corrected chi connectivity index (χ4v) is 2.29. The molecule has 0 bridgehead atoms. The van der Waals surface area contributed by atoms with E-state index in [0.29, 0.717) is 18.3 Å². The van der Waals surface area contributed by atoms with E-state index in [-0.39, 0.29) is 5.91 Å². The highest BCUT2D eigenvalue weighted by molar-refractivity contribution is 5.96. The van der Waals surface area contributed by atoms with E-state index in [2.05, 4.69) is 5.32 Å². The van der Waals surface area contributed by atoms with Crippen LogP contribution in [-0.2, 0) is 0 Å². The highest BCUT2D eigenvalue weighted by atomic mass is 16.3. The lowest BCUT2D eigenvalue weighted by Gasteiger charge is -2.37. The summed E-state index contributed by atoms with van der Waals surface area (Å²) < 4.78 is 5.62. The highest BCUT2D eigenvalue weighted by Crippen LogP contribution is 2.21. The summed E-state index contributed by atoms with van der Waals surface area (Å²) in [6.45, 7) is 4.46. The predicted octanol–water partition coefficient (Wildman–Crippen LogP) is 1.87. The third-order valence-electron chi connectivity index (χ3n) is 3.44.